The highest BCUT2D eigenvalue weighted by Crippen LogP contribution is 2.25. The van der Waals surface area contributed by atoms with E-state index >= 15 is 0 Å². The molecule has 0 radical (unpaired) electrons. The minimum atomic E-state index is -0.866. The highest BCUT2D eigenvalue weighted by Gasteiger charge is 2.24. The molecule has 0 spiro atoms. The fraction of sp³-hybridized carbons (Fsp3) is 0.364. The Morgan fingerprint density at radius 1 is 1.56 bits per heavy atom. The van der Waals surface area contributed by atoms with Crippen molar-refractivity contribution in [3.05, 3.63) is 39.7 Å². The molecule has 0 aliphatic heterocycles. The largest absolute Gasteiger partial charge is 0.275 e. The fourth-order valence-corrected chi connectivity index (χ4v) is 1.47. The second kappa shape index (κ2) is 5.54. The van der Waals surface area contributed by atoms with Crippen molar-refractivity contribution in [2.75, 3.05) is 14.2 Å². The molecule has 0 N–H and O–H groups in total. The van der Waals surface area contributed by atoms with Crippen molar-refractivity contribution in [2.45, 2.75) is 12.8 Å². The number of nitrogens with zero attached hydrogens (tertiary/aromatic N) is 2. The topological polar surface area (TPSA) is 72.7 Å². The number of nitro benzene ring substituents is 1. The summed E-state index contributed by atoms with van der Waals surface area (Å²) in [6.45, 7) is 1.46. The Labute approximate surface area is 103 Å². The van der Waals surface area contributed by atoms with Gasteiger partial charge in [0.1, 0.15) is 5.82 Å². The van der Waals surface area contributed by atoms with Gasteiger partial charge in [-0.15, -0.1) is 0 Å². The van der Waals surface area contributed by atoms with Crippen molar-refractivity contribution in [2.24, 2.45) is 0 Å². The van der Waals surface area contributed by atoms with Crippen molar-refractivity contribution < 1.29 is 18.9 Å². The lowest BCUT2D eigenvalue weighted by Gasteiger charge is -2.19. The Kier molecular flexibility index (Phi) is 4.33. The van der Waals surface area contributed by atoms with E-state index in [9.17, 15) is 19.3 Å². The number of rotatable bonds is 4. The first kappa shape index (κ1) is 14.0. The first-order valence-corrected chi connectivity index (χ1v) is 5.14. The van der Waals surface area contributed by atoms with Gasteiger partial charge in [0.15, 0.2) is 0 Å². The Hall–Kier alpha value is -2.02. The normalized spacial score (nSPS) is 12.0. The molecule has 18 heavy (non-hydrogen) atoms. The van der Waals surface area contributed by atoms with E-state index in [0.29, 0.717) is 0 Å². The Balaban J connectivity index is 3.12. The number of non-ortho nitro benzene ring substituents is 1. The molecule has 98 valence electrons. The standard InChI is InChI=1S/C11H13FN2O4/c1-7(11(15)13(2)18-3)9-6-8(14(16)17)4-5-10(9)12/h4-7H,1-3H3. The summed E-state index contributed by atoms with van der Waals surface area (Å²) in [5.74, 6) is -2.02. The van der Waals surface area contributed by atoms with E-state index < -0.39 is 22.6 Å². The average molecular weight is 256 g/mol. The highest BCUT2D eigenvalue weighted by molar-refractivity contribution is 5.82. The van der Waals surface area contributed by atoms with Gasteiger partial charge in [0, 0.05) is 24.7 Å². The summed E-state index contributed by atoms with van der Waals surface area (Å²) in [5, 5.41) is 11.6. The second-order valence-electron chi connectivity index (χ2n) is 3.70. The van der Waals surface area contributed by atoms with Crippen LogP contribution in [0.5, 0.6) is 0 Å². The van der Waals surface area contributed by atoms with Gasteiger partial charge in [-0.2, -0.15) is 0 Å². The van der Waals surface area contributed by atoms with Gasteiger partial charge in [-0.1, -0.05) is 0 Å². The smallest absolute Gasteiger partial charge is 0.269 e. The van der Waals surface area contributed by atoms with Gasteiger partial charge in [-0.05, 0) is 13.0 Å². The van der Waals surface area contributed by atoms with E-state index in [4.69, 9.17) is 4.84 Å². The average Bonchev–Trinajstić information content (AvgIpc) is 2.36. The van der Waals surface area contributed by atoms with Crippen LogP contribution in [0.2, 0.25) is 0 Å². The van der Waals surface area contributed by atoms with Crippen LogP contribution in [0.4, 0.5) is 10.1 Å². The predicted molar refractivity (Wildman–Crippen MR) is 61.2 cm³/mol. The van der Waals surface area contributed by atoms with E-state index in [1.165, 1.54) is 21.1 Å². The lowest BCUT2D eigenvalue weighted by atomic mass is 9.99. The molecule has 7 heteroatoms. The predicted octanol–water partition coefficient (Wildman–Crippen LogP) is 1.86. The van der Waals surface area contributed by atoms with Crippen LogP contribution in [0, 0.1) is 15.9 Å². The third-order valence-corrected chi connectivity index (χ3v) is 2.61. The minimum Gasteiger partial charge on any atom is -0.275 e. The van der Waals surface area contributed by atoms with Gasteiger partial charge in [-0.25, -0.2) is 9.45 Å². The van der Waals surface area contributed by atoms with Crippen molar-refractivity contribution in [1.82, 2.24) is 5.06 Å². The highest BCUT2D eigenvalue weighted by atomic mass is 19.1. The van der Waals surface area contributed by atoms with Crippen molar-refractivity contribution in [1.29, 1.82) is 0 Å². The molecule has 1 rings (SSSR count). The molecule has 1 aromatic carbocycles. The third kappa shape index (κ3) is 2.80. The molecule has 0 aromatic heterocycles. The number of hydrogen-bond acceptors (Lipinski definition) is 4. The van der Waals surface area contributed by atoms with Gasteiger partial charge >= 0.3 is 0 Å². The minimum absolute atomic E-state index is 0.0295. The molecule has 1 aromatic rings. The summed E-state index contributed by atoms with van der Waals surface area (Å²) in [5.41, 5.74) is -0.288. The van der Waals surface area contributed by atoms with Crippen LogP contribution < -0.4 is 0 Å². The molecule has 0 saturated heterocycles. The lowest BCUT2D eigenvalue weighted by Crippen LogP contribution is -2.30. The molecule has 0 fully saturated rings. The van der Waals surface area contributed by atoms with Crippen LogP contribution >= 0.6 is 0 Å². The van der Waals surface area contributed by atoms with E-state index in [2.05, 4.69) is 0 Å². The zero-order chi connectivity index (χ0) is 13.9. The zero-order valence-electron chi connectivity index (χ0n) is 10.2. The zero-order valence-corrected chi connectivity index (χ0v) is 10.2. The molecule has 0 aliphatic rings. The molecule has 0 heterocycles. The van der Waals surface area contributed by atoms with Gasteiger partial charge in [0.2, 0.25) is 0 Å². The summed E-state index contributed by atoms with van der Waals surface area (Å²) < 4.78 is 13.6. The number of likely N-dealkylation sites (N-methyl/N-ethyl adjacent to an activating group) is 1. The SMILES string of the molecule is CON(C)C(=O)C(C)c1cc([N+](=O)[O-])ccc1F. The molecule has 0 bridgehead atoms. The Morgan fingerprint density at radius 3 is 2.67 bits per heavy atom. The summed E-state index contributed by atoms with van der Waals surface area (Å²) >= 11 is 0. The molecular formula is C11H13FN2O4. The summed E-state index contributed by atoms with van der Waals surface area (Å²) in [4.78, 5) is 26.4. The molecule has 1 unspecified atom stereocenters. The van der Waals surface area contributed by atoms with Crippen molar-refractivity contribution in [3.63, 3.8) is 0 Å². The Morgan fingerprint density at radius 2 is 2.17 bits per heavy atom. The maximum absolute atomic E-state index is 13.6. The number of benzene rings is 1. The van der Waals surface area contributed by atoms with E-state index in [0.717, 1.165) is 23.3 Å². The van der Waals surface area contributed by atoms with Gasteiger partial charge in [-0.3, -0.25) is 19.7 Å². The van der Waals surface area contributed by atoms with Crippen LogP contribution in [0.15, 0.2) is 18.2 Å². The molecule has 0 aliphatic carbocycles. The van der Waals surface area contributed by atoms with Crippen LogP contribution in [-0.4, -0.2) is 30.1 Å². The maximum Gasteiger partial charge on any atom is 0.269 e. The van der Waals surface area contributed by atoms with E-state index in [1.54, 1.807) is 0 Å². The second-order valence-corrected chi connectivity index (χ2v) is 3.70. The molecular weight excluding hydrogens is 243 g/mol. The number of carbonyl (C=O) groups excluding carboxylic acids is 1. The lowest BCUT2D eigenvalue weighted by molar-refractivity contribution is -0.385. The number of amides is 1. The summed E-state index contributed by atoms with van der Waals surface area (Å²) in [6, 6.07) is 3.08. The fourth-order valence-electron chi connectivity index (χ4n) is 1.47. The molecule has 1 atom stereocenters. The van der Waals surface area contributed by atoms with Crippen LogP contribution in [0.25, 0.3) is 0 Å². The third-order valence-electron chi connectivity index (χ3n) is 2.61. The number of nitro groups is 1. The van der Waals surface area contributed by atoms with E-state index in [1.807, 2.05) is 0 Å². The van der Waals surface area contributed by atoms with Gasteiger partial charge < -0.3 is 0 Å². The van der Waals surface area contributed by atoms with Crippen molar-refractivity contribution >= 4 is 11.6 Å². The molecule has 1 amide bonds. The number of hydroxylamine groups is 2. The first-order chi connectivity index (χ1) is 8.38. The van der Waals surface area contributed by atoms with Gasteiger partial charge in [0.25, 0.3) is 11.6 Å². The van der Waals surface area contributed by atoms with Crippen LogP contribution in [-0.2, 0) is 9.63 Å². The Bertz CT molecular complexity index is 478. The van der Waals surface area contributed by atoms with Gasteiger partial charge in [0.05, 0.1) is 18.0 Å². The monoisotopic (exact) mass is 256 g/mol. The maximum atomic E-state index is 13.6. The number of halogens is 1. The quantitative estimate of drug-likeness (QED) is 0.608. The summed E-state index contributed by atoms with van der Waals surface area (Å²) in [6.07, 6.45) is 0. The van der Waals surface area contributed by atoms with Crippen LogP contribution in [0.3, 0.4) is 0 Å². The molecule has 0 saturated carbocycles. The first-order valence-electron chi connectivity index (χ1n) is 5.14. The van der Waals surface area contributed by atoms with Crippen molar-refractivity contribution in [3.8, 4) is 0 Å². The number of hydrogen-bond donors (Lipinski definition) is 0. The number of carbonyl (C=O) groups is 1. The van der Waals surface area contributed by atoms with E-state index in [-0.39, 0.29) is 11.3 Å². The van der Waals surface area contributed by atoms with Crippen LogP contribution in [0.1, 0.15) is 18.4 Å². The summed E-state index contributed by atoms with van der Waals surface area (Å²) in [7, 11) is 2.68. The molecule has 6 nitrogen and oxygen atoms in total.